The van der Waals surface area contributed by atoms with E-state index in [2.05, 4.69) is 17.4 Å². The Morgan fingerprint density at radius 3 is 2.52 bits per heavy atom. The number of hydrogen-bond acceptors (Lipinski definition) is 4. The molecule has 0 atom stereocenters. The summed E-state index contributed by atoms with van der Waals surface area (Å²) in [6, 6.07) is 16.8. The Bertz CT molecular complexity index is 1210. The van der Waals surface area contributed by atoms with E-state index in [1.54, 1.807) is 0 Å². The van der Waals surface area contributed by atoms with Crippen LogP contribution in [0.2, 0.25) is 0 Å². The van der Waals surface area contributed by atoms with Gasteiger partial charge in [0.2, 0.25) is 5.09 Å². The quantitative estimate of drug-likeness (QED) is 0.556. The Kier molecular flexibility index (Phi) is 4.29. The Hall–Kier alpha value is -2.90. The van der Waals surface area contributed by atoms with Crippen molar-refractivity contribution in [3.05, 3.63) is 71.5 Å². The van der Waals surface area contributed by atoms with Crippen LogP contribution in [0.4, 0.5) is 5.69 Å². The van der Waals surface area contributed by atoms with Crippen molar-refractivity contribution in [2.24, 2.45) is 0 Å². The van der Waals surface area contributed by atoms with E-state index >= 15 is 0 Å². The molecule has 2 aromatic carbocycles. The lowest BCUT2D eigenvalue weighted by molar-refractivity contribution is 0.0991. The van der Waals surface area contributed by atoms with Crippen molar-refractivity contribution in [2.75, 3.05) is 18.4 Å². The van der Waals surface area contributed by atoms with Crippen molar-refractivity contribution < 1.29 is 17.6 Å². The van der Waals surface area contributed by atoms with Gasteiger partial charge in [-0.25, -0.2) is 8.42 Å². The first-order valence-corrected chi connectivity index (χ1v) is 11.1. The van der Waals surface area contributed by atoms with Gasteiger partial charge in [-0.1, -0.05) is 30.3 Å². The van der Waals surface area contributed by atoms with E-state index in [1.165, 1.54) is 33.1 Å². The average molecular weight is 408 g/mol. The molecule has 0 bridgehead atoms. The van der Waals surface area contributed by atoms with Gasteiger partial charge in [0.05, 0.1) is 0 Å². The number of fused-ring (bicyclic) bond motifs is 3. The number of amides is 1. The minimum absolute atomic E-state index is 0.0244. The van der Waals surface area contributed by atoms with Gasteiger partial charge in [0.1, 0.15) is 0 Å². The standard InChI is InChI=1S/C22H20N2O4S/c25-22(20-9-10-21(28-20)29(26,27)24-11-3-4-12-24)23-17-8-7-16-13-15-5-1-2-6-18(15)19(16)14-17/h1-2,5-10,14H,3-4,11-13H2,(H,23,25). The van der Waals surface area contributed by atoms with Crippen LogP contribution in [-0.4, -0.2) is 31.7 Å². The number of benzene rings is 2. The first-order chi connectivity index (χ1) is 14.0. The second kappa shape index (κ2) is 6.86. The first kappa shape index (κ1) is 18.1. The Labute approximate surface area is 169 Å². The van der Waals surface area contributed by atoms with E-state index in [0.29, 0.717) is 18.8 Å². The number of furan rings is 1. The molecule has 3 aromatic rings. The van der Waals surface area contributed by atoms with Crippen LogP contribution in [0.5, 0.6) is 0 Å². The van der Waals surface area contributed by atoms with Crippen molar-refractivity contribution in [1.29, 1.82) is 0 Å². The van der Waals surface area contributed by atoms with E-state index in [4.69, 9.17) is 4.42 Å². The van der Waals surface area contributed by atoms with Crippen LogP contribution < -0.4 is 5.32 Å². The molecule has 7 heteroatoms. The zero-order valence-electron chi connectivity index (χ0n) is 15.7. The van der Waals surface area contributed by atoms with Crippen LogP contribution in [0.25, 0.3) is 11.1 Å². The van der Waals surface area contributed by atoms with Crippen molar-refractivity contribution in [2.45, 2.75) is 24.4 Å². The summed E-state index contributed by atoms with van der Waals surface area (Å²) < 4.78 is 31.9. The van der Waals surface area contributed by atoms with E-state index in [0.717, 1.165) is 24.8 Å². The summed E-state index contributed by atoms with van der Waals surface area (Å²) in [5.74, 6) is -0.497. The third-order valence-electron chi connectivity index (χ3n) is 5.52. The summed E-state index contributed by atoms with van der Waals surface area (Å²) in [5, 5.41) is 2.62. The van der Waals surface area contributed by atoms with Gasteiger partial charge in [-0.3, -0.25) is 4.79 Å². The number of rotatable bonds is 4. The van der Waals surface area contributed by atoms with Crippen LogP contribution in [0.15, 0.2) is 64.1 Å². The van der Waals surface area contributed by atoms with Gasteiger partial charge < -0.3 is 9.73 Å². The molecule has 5 rings (SSSR count). The molecule has 29 heavy (non-hydrogen) atoms. The number of carbonyl (C=O) groups is 1. The third kappa shape index (κ3) is 3.16. The fraction of sp³-hybridized carbons (Fsp3) is 0.227. The third-order valence-corrected chi connectivity index (χ3v) is 7.29. The molecule has 0 saturated carbocycles. The Balaban J connectivity index is 1.37. The summed E-state index contributed by atoms with van der Waals surface area (Å²) in [6.45, 7) is 0.975. The van der Waals surface area contributed by atoms with Crippen LogP contribution >= 0.6 is 0 Å². The predicted molar refractivity (Wildman–Crippen MR) is 109 cm³/mol. The first-order valence-electron chi connectivity index (χ1n) is 9.65. The molecule has 2 heterocycles. The molecule has 1 aromatic heterocycles. The van der Waals surface area contributed by atoms with Crippen LogP contribution in [0.1, 0.15) is 34.5 Å². The summed E-state index contributed by atoms with van der Waals surface area (Å²) >= 11 is 0. The molecule has 1 amide bonds. The smallest absolute Gasteiger partial charge is 0.291 e. The summed E-state index contributed by atoms with van der Waals surface area (Å²) in [7, 11) is -3.68. The van der Waals surface area contributed by atoms with Gasteiger partial charge in [-0.05, 0) is 65.8 Å². The molecule has 148 valence electrons. The topological polar surface area (TPSA) is 79.6 Å². The van der Waals surface area contributed by atoms with Gasteiger partial charge in [0, 0.05) is 18.8 Å². The highest BCUT2D eigenvalue weighted by Crippen LogP contribution is 2.37. The van der Waals surface area contributed by atoms with Crippen LogP contribution in [0.3, 0.4) is 0 Å². The largest absolute Gasteiger partial charge is 0.438 e. The number of carbonyl (C=O) groups excluding carboxylic acids is 1. The molecule has 1 fully saturated rings. The minimum Gasteiger partial charge on any atom is -0.438 e. The lowest BCUT2D eigenvalue weighted by atomic mass is 10.1. The van der Waals surface area contributed by atoms with E-state index in [1.807, 2.05) is 30.3 Å². The van der Waals surface area contributed by atoms with Gasteiger partial charge in [0.15, 0.2) is 5.76 Å². The highest BCUT2D eigenvalue weighted by atomic mass is 32.2. The molecule has 0 unspecified atom stereocenters. The molecular weight excluding hydrogens is 388 g/mol. The summed E-state index contributed by atoms with van der Waals surface area (Å²) in [5.41, 5.74) is 5.42. The van der Waals surface area contributed by atoms with Crippen LogP contribution in [0, 0.1) is 0 Å². The lowest BCUT2D eigenvalue weighted by Crippen LogP contribution is -2.27. The average Bonchev–Trinajstić information content (AvgIpc) is 3.46. The van der Waals surface area contributed by atoms with Crippen molar-refractivity contribution in [3.63, 3.8) is 0 Å². The fourth-order valence-electron chi connectivity index (χ4n) is 4.03. The van der Waals surface area contributed by atoms with E-state index in [-0.39, 0.29) is 10.9 Å². The summed E-state index contributed by atoms with van der Waals surface area (Å²) in [4.78, 5) is 12.6. The van der Waals surface area contributed by atoms with Gasteiger partial charge in [-0.15, -0.1) is 0 Å². The molecule has 1 aliphatic carbocycles. The van der Waals surface area contributed by atoms with Crippen molar-refractivity contribution in [1.82, 2.24) is 4.31 Å². The van der Waals surface area contributed by atoms with Gasteiger partial charge in [0.25, 0.3) is 15.9 Å². The lowest BCUT2D eigenvalue weighted by Gasteiger charge is -2.12. The molecule has 1 N–H and O–H groups in total. The molecular formula is C22H20N2O4S. The highest BCUT2D eigenvalue weighted by molar-refractivity contribution is 7.89. The maximum atomic E-state index is 12.6. The molecule has 2 aliphatic rings. The zero-order chi connectivity index (χ0) is 20.0. The van der Waals surface area contributed by atoms with Crippen LogP contribution in [-0.2, 0) is 16.4 Å². The van der Waals surface area contributed by atoms with Crippen molar-refractivity contribution >= 4 is 21.6 Å². The van der Waals surface area contributed by atoms with E-state index in [9.17, 15) is 13.2 Å². The number of sulfonamides is 1. The highest BCUT2D eigenvalue weighted by Gasteiger charge is 2.30. The molecule has 1 aliphatic heterocycles. The second-order valence-electron chi connectivity index (χ2n) is 7.39. The van der Waals surface area contributed by atoms with Gasteiger partial charge >= 0.3 is 0 Å². The SMILES string of the molecule is O=C(Nc1ccc2c(c1)-c1ccccc1C2)c1ccc(S(=O)(=O)N2CCCC2)o1. The van der Waals surface area contributed by atoms with E-state index < -0.39 is 15.9 Å². The predicted octanol–water partition coefficient (Wildman–Crippen LogP) is 3.89. The maximum absolute atomic E-state index is 12.6. The molecule has 0 radical (unpaired) electrons. The monoisotopic (exact) mass is 408 g/mol. The van der Waals surface area contributed by atoms with Gasteiger partial charge in [-0.2, -0.15) is 4.31 Å². The maximum Gasteiger partial charge on any atom is 0.291 e. The number of hydrogen-bond donors (Lipinski definition) is 1. The number of anilines is 1. The minimum atomic E-state index is -3.68. The second-order valence-corrected chi connectivity index (χ2v) is 9.26. The molecule has 6 nitrogen and oxygen atoms in total. The van der Waals surface area contributed by atoms with Crippen molar-refractivity contribution in [3.8, 4) is 11.1 Å². The summed E-state index contributed by atoms with van der Waals surface area (Å²) in [6.07, 6.45) is 2.57. The molecule has 1 saturated heterocycles. The zero-order valence-corrected chi connectivity index (χ0v) is 16.5. The Morgan fingerprint density at radius 1 is 0.931 bits per heavy atom. The number of nitrogens with zero attached hydrogens (tertiary/aromatic N) is 1. The Morgan fingerprint density at radius 2 is 1.69 bits per heavy atom. The normalized spacial score (nSPS) is 15.9. The molecule has 0 spiro atoms. The fourth-order valence-corrected chi connectivity index (χ4v) is 5.46. The number of nitrogens with one attached hydrogen (secondary N) is 1.